The Morgan fingerprint density at radius 3 is 3.33 bits per heavy atom. The SMILES string of the molecule is [2H]C(c1nc(C=O)c(Cl)[nH]1)C([2H])([2H])C([2H])([2H])C([2H])([2H])[2H]. The molecule has 0 spiro atoms. The van der Waals surface area contributed by atoms with Gasteiger partial charge in [-0.3, -0.25) is 4.79 Å². The number of hydrogen-bond acceptors (Lipinski definition) is 2. The van der Waals surface area contributed by atoms with E-state index in [1.165, 1.54) is 0 Å². The molecule has 0 fully saturated rings. The highest BCUT2D eigenvalue weighted by Gasteiger charge is 2.05. The second-order valence-electron chi connectivity index (χ2n) is 1.85. The molecule has 3 nitrogen and oxygen atoms in total. The number of aromatic amines is 1. The van der Waals surface area contributed by atoms with Gasteiger partial charge in [-0.1, -0.05) is 24.8 Å². The quantitative estimate of drug-likeness (QED) is 0.748. The first-order valence-electron chi connectivity index (χ1n) is 7.07. The highest BCUT2D eigenvalue weighted by Crippen LogP contribution is 2.11. The van der Waals surface area contributed by atoms with Crippen LogP contribution in [0.2, 0.25) is 5.15 Å². The number of imidazole rings is 1. The fourth-order valence-corrected chi connectivity index (χ4v) is 0.818. The van der Waals surface area contributed by atoms with Crippen molar-refractivity contribution >= 4 is 17.9 Å². The van der Waals surface area contributed by atoms with Gasteiger partial charge >= 0.3 is 0 Å². The van der Waals surface area contributed by atoms with Crippen LogP contribution in [0, 0.1) is 0 Å². The molecule has 1 rings (SSSR count). The minimum Gasteiger partial charge on any atom is -0.332 e. The van der Waals surface area contributed by atoms with Gasteiger partial charge in [0, 0.05) is 17.4 Å². The normalized spacial score (nSPS) is 26.1. The molecule has 0 bridgehead atoms. The zero-order valence-corrected chi connectivity index (χ0v) is 6.64. The fourth-order valence-electron chi connectivity index (χ4n) is 0.634. The molecule has 1 unspecified atom stereocenters. The summed E-state index contributed by atoms with van der Waals surface area (Å²) in [6, 6.07) is 0. The summed E-state index contributed by atoms with van der Waals surface area (Å²) in [5, 5.41) is -0.225. The van der Waals surface area contributed by atoms with Crippen LogP contribution in [-0.2, 0) is 6.40 Å². The number of carbonyl (C=O) groups excluding carboxylic acids is 1. The first-order valence-corrected chi connectivity index (χ1v) is 3.37. The second kappa shape index (κ2) is 4.26. The molecule has 66 valence electrons. The molecular formula is C8H11ClN2O. The Bertz CT molecular complexity index is 511. The molecule has 0 aliphatic rings. The maximum Gasteiger partial charge on any atom is 0.171 e. The summed E-state index contributed by atoms with van der Waals surface area (Å²) in [5.41, 5.74) is -0.260. The van der Waals surface area contributed by atoms with Gasteiger partial charge < -0.3 is 4.98 Å². The molecule has 1 N–H and O–H groups in total. The Morgan fingerprint density at radius 2 is 2.75 bits per heavy atom. The van der Waals surface area contributed by atoms with E-state index in [2.05, 4.69) is 9.97 Å². The molecule has 0 saturated heterocycles. The number of aldehydes is 1. The van der Waals surface area contributed by atoms with Crippen LogP contribution in [0.1, 0.15) is 46.9 Å². The minimum atomic E-state index is -3.28. The van der Waals surface area contributed by atoms with E-state index in [1.54, 1.807) is 0 Å². The summed E-state index contributed by atoms with van der Waals surface area (Å²) in [7, 11) is 0. The first-order chi connectivity index (χ1) is 8.86. The number of nitrogens with one attached hydrogen (secondary N) is 1. The lowest BCUT2D eigenvalue weighted by Gasteiger charge is -1.90. The molecule has 0 radical (unpaired) electrons. The van der Waals surface area contributed by atoms with E-state index in [0.717, 1.165) is 0 Å². The minimum absolute atomic E-state index is 0.225. The summed E-state index contributed by atoms with van der Waals surface area (Å²) in [5.74, 6) is -0.421. The lowest BCUT2D eigenvalue weighted by molar-refractivity contribution is 0.111. The summed E-state index contributed by atoms with van der Waals surface area (Å²) < 4.78 is 59.0. The van der Waals surface area contributed by atoms with Crippen LogP contribution in [0.25, 0.3) is 0 Å². The largest absolute Gasteiger partial charge is 0.332 e. The average Bonchev–Trinajstić information content (AvgIpc) is 2.67. The highest BCUT2D eigenvalue weighted by molar-refractivity contribution is 6.31. The van der Waals surface area contributed by atoms with Crippen molar-refractivity contribution in [1.82, 2.24) is 9.97 Å². The van der Waals surface area contributed by atoms with E-state index in [9.17, 15) is 4.79 Å². The van der Waals surface area contributed by atoms with Crippen LogP contribution in [0.5, 0.6) is 0 Å². The topological polar surface area (TPSA) is 45.8 Å². The maximum atomic E-state index is 10.6. The number of rotatable bonds is 4. The molecule has 0 aliphatic heterocycles. The van der Waals surface area contributed by atoms with Crippen LogP contribution in [0.15, 0.2) is 0 Å². The lowest BCUT2D eigenvalue weighted by atomic mass is 10.2. The molecule has 1 aromatic rings. The molecule has 12 heavy (non-hydrogen) atoms. The Hall–Kier alpha value is -0.830. The van der Waals surface area contributed by atoms with Crippen molar-refractivity contribution in [2.75, 3.05) is 0 Å². The van der Waals surface area contributed by atoms with Crippen molar-refractivity contribution in [3.05, 3.63) is 16.7 Å². The number of nitrogens with zero attached hydrogens (tertiary/aromatic N) is 1. The summed E-state index contributed by atoms with van der Waals surface area (Å²) in [6.07, 6.45) is -8.08. The van der Waals surface area contributed by atoms with Gasteiger partial charge in [-0.25, -0.2) is 4.98 Å². The average molecular weight is 195 g/mol. The predicted molar refractivity (Wildman–Crippen MR) is 47.6 cm³/mol. The Balaban J connectivity index is 3.23. The zero-order valence-electron chi connectivity index (χ0n) is 13.9. The Labute approximate surface area is 87.4 Å². The summed E-state index contributed by atoms with van der Waals surface area (Å²) in [4.78, 5) is 16.4. The molecule has 0 saturated carbocycles. The van der Waals surface area contributed by atoms with Gasteiger partial charge in [0.1, 0.15) is 16.7 Å². The number of aromatic nitrogens is 2. The molecule has 0 aromatic carbocycles. The highest BCUT2D eigenvalue weighted by atomic mass is 35.5. The van der Waals surface area contributed by atoms with Crippen molar-refractivity contribution in [3.8, 4) is 0 Å². The van der Waals surface area contributed by atoms with Crippen molar-refractivity contribution in [2.24, 2.45) is 0 Å². The van der Waals surface area contributed by atoms with E-state index in [0.29, 0.717) is 0 Å². The van der Waals surface area contributed by atoms with Crippen LogP contribution in [-0.4, -0.2) is 16.3 Å². The van der Waals surface area contributed by atoms with Crippen LogP contribution < -0.4 is 0 Å². The van der Waals surface area contributed by atoms with Crippen molar-refractivity contribution in [1.29, 1.82) is 0 Å². The fraction of sp³-hybridized carbons (Fsp3) is 0.500. The molecule has 1 heterocycles. The van der Waals surface area contributed by atoms with E-state index < -0.39 is 31.8 Å². The van der Waals surface area contributed by atoms with Gasteiger partial charge in [-0.05, 0) is 6.37 Å². The van der Waals surface area contributed by atoms with Gasteiger partial charge in [0.15, 0.2) is 6.29 Å². The van der Waals surface area contributed by atoms with E-state index >= 15 is 0 Å². The standard InChI is InChI=1S/C8H11ClN2O/c1-2-3-4-7-10-6(5-12)8(9)11-7/h5H,2-4H2,1H3,(H,10,11)/i1D3,2D2,3D2,4D. The summed E-state index contributed by atoms with van der Waals surface area (Å²) in [6.45, 7) is -3.26. The number of H-pyrrole nitrogens is 1. The zero-order chi connectivity index (χ0) is 15.9. The number of aryl methyl sites for hydroxylation is 1. The molecule has 0 aliphatic carbocycles. The molecule has 4 heteroatoms. The predicted octanol–water partition coefficient (Wildman–Crippen LogP) is 2.22. The van der Waals surface area contributed by atoms with E-state index in [-0.39, 0.29) is 17.1 Å². The molecular weight excluding hydrogens is 176 g/mol. The number of hydrogen-bond donors (Lipinski definition) is 1. The monoisotopic (exact) mass is 194 g/mol. The second-order valence-corrected chi connectivity index (χ2v) is 2.23. The Morgan fingerprint density at radius 1 is 1.92 bits per heavy atom. The third-order valence-corrected chi connectivity index (χ3v) is 1.38. The van der Waals surface area contributed by atoms with Gasteiger partial charge in [-0.2, -0.15) is 0 Å². The Kier molecular flexibility index (Phi) is 1.12. The maximum absolute atomic E-state index is 10.6. The van der Waals surface area contributed by atoms with Crippen LogP contribution >= 0.6 is 11.6 Å². The number of carbonyl (C=O) groups is 1. The van der Waals surface area contributed by atoms with Crippen molar-refractivity contribution in [3.63, 3.8) is 0 Å². The van der Waals surface area contributed by atoms with E-state index in [1.807, 2.05) is 0 Å². The van der Waals surface area contributed by atoms with Crippen LogP contribution in [0.3, 0.4) is 0 Å². The smallest absolute Gasteiger partial charge is 0.171 e. The van der Waals surface area contributed by atoms with Gasteiger partial charge in [-0.15, -0.1) is 0 Å². The van der Waals surface area contributed by atoms with Crippen molar-refractivity contribution < 1.29 is 15.8 Å². The first kappa shape index (κ1) is 3.14. The third kappa shape index (κ3) is 2.08. The summed E-state index contributed by atoms with van der Waals surface area (Å²) >= 11 is 5.58. The van der Waals surface area contributed by atoms with Gasteiger partial charge in [0.25, 0.3) is 0 Å². The van der Waals surface area contributed by atoms with E-state index in [4.69, 9.17) is 22.6 Å². The molecule has 1 atom stereocenters. The molecule has 1 aromatic heterocycles. The van der Waals surface area contributed by atoms with Gasteiger partial charge in [0.05, 0.1) is 0 Å². The van der Waals surface area contributed by atoms with Gasteiger partial charge in [0.2, 0.25) is 0 Å². The third-order valence-electron chi connectivity index (χ3n) is 1.10. The lowest BCUT2D eigenvalue weighted by Crippen LogP contribution is -1.87. The van der Waals surface area contributed by atoms with Crippen LogP contribution in [0.4, 0.5) is 0 Å². The van der Waals surface area contributed by atoms with Crippen molar-refractivity contribution in [2.45, 2.75) is 26.0 Å². The molecule has 0 amide bonds. The number of halogens is 1.